The van der Waals surface area contributed by atoms with Gasteiger partial charge < -0.3 is 14.8 Å². The predicted octanol–water partition coefficient (Wildman–Crippen LogP) is 2.73. The third-order valence-corrected chi connectivity index (χ3v) is 3.16. The Hall–Kier alpha value is -0.650. The van der Waals surface area contributed by atoms with E-state index in [1.165, 1.54) is 25.0 Å². The van der Waals surface area contributed by atoms with Crippen molar-refractivity contribution < 1.29 is 13.9 Å². The lowest BCUT2D eigenvalue weighted by Gasteiger charge is -2.19. The van der Waals surface area contributed by atoms with E-state index in [0.29, 0.717) is 29.4 Å². The van der Waals surface area contributed by atoms with Gasteiger partial charge in [-0.15, -0.1) is 0 Å². The topological polar surface area (TPSA) is 30.5 Å². The number of methoxy groups -OCH3 is 1. The van der Waals surface area contributed by atoms with Crippen molar-refractivity contribution in [2.75, 3.05) is 20.3 Å². The molecule has 1 N–H and O–H groups in total. The van der Waals surface area contributed by atoms with E-state index in [2.05, 4.69) is 21.2 Å². The van der Waals surface area contributed by atoms with Gasteiger partial charge in [-0.05, 0) is 25.0 Å². The second-order valence-electron chi connectivity index (χ2n) is 4.48. The summed E-state index contributed by atoms with van der Waals surface area (Å²) >= 11 is 3.25. The lowest BCUT2D eigenvalue weighted by atomic mass is 10.3. The smallest absolute Gasteiger partial charge is 0.134 e. The van der Waals surface area contributed by atoms with Crippen LogP contribution < -0.4 is 10.1 Å². The van der Waals surface area contributed by atoms with Crippen molar-refractivity contribution in [3.05, 3.63) is 28.5 Å². The lowest BCUT2D eigenvalue weighted by molar-refractivity contribution is 0.0801. The molecule has 1 aliphatic rings. The summed E-state index contributed by atoms with van der Waals surface area (Å²) in [5.41, 5.74) is 0. The van der Waals surface area contributed by atoms with E-state index >= 15 is 0 Å². The number of hydrogen-bond donors (Lipinski definition) is 1. The third kappa shape index (κ3) is 4.55. The van der Waals surface area contributed by atoms with Crippen LogP contribution in [0.15, 0.2) is 22.7 Å². The molecule has 1 atom stereocenters. The highest BCUT2D eigenvalue weighted by Gasteiger charge is 2.22. The van der Waals surface area contributed by atoms with Gasteiger partial charge in [0.05, 0.1) is 6.61 Å². The molecule has 3 nitrogen and oxygen atoms in total. The summed E-state index contributed by atoms with van der Waals surface area (Å²) in [5, 5.41) is 3.38. The molecule has 1 aliphatic carbocycles. The monoisotopic (exact) mass is 317 g/mol. The van der Waals surface area contributed by atoms with E-state index in [1.807, 2.05) is 0 Å². The van der Waals surface area contributed by atoms with Crippen molar-refractivity contribution in [3.8, 4) is 5.75 Å². The minimum Gasteiger partial charge on any atom is -0.487 e. The van der Waals surface area contributed by atoms with Crippen molar-refractivity contribution in [1.29, 1.82) is 0 Å². The highest BCUT2D eigenvalue weighted by atomic mass is 79.9. The average Bonchev–Trinajstić information content (AvgIpc) is 3.08. The van der Waals surface area contributed by atoms with Crippen LogP contribution in [0, 0.1) is 5.82 Å². The zero-order chi connectivity index (χ0) is 13.0. The van der Waals surface area contributed by atoms with Crippen molar-refractivity contribution in [2.45, 2.75) is 25.0 Å². The third-order valence-electron chi connectivity index (χ3n) is 2.70. The van der Waals surface area contributed by atoms with Crippen LogP contribution in [0.25, 0.3) is 0 Å². The number of halogens is 2. The summed E-state index contributed by atoms with van der Waals surface area (Å²) < 4.78 is 24.8. The zero-order valence-electron chi connectivity index (χ0n) is 10.3. The molecule has 0 bridgehead atoms. The van der Waals surface area contributed by atoms with Gasteiger partial charge in [0.1, 0.15) is 17.7 Å². The van der Waals surface area contributed by atoms with Crippen molar-refractivity contribution >= 4 is 15.9 Å². The molecule has 100 valence electrons. The van der Waals surface area contributed by atoms with E-state index < -0.39 is 0 Å². The number of hydrogen-bond acceptors (Lipinski definition) is 3. The van der Waals surface area contributed by atoms with Crippen LogP contribution in [-0.4, -0.2) is 32.4 Å². The minimum absolute atomic E-state index is 0.107. The molecule has 1 unspecified atom stereocenters. The second-order valence-corrected chi connectivity index (χ2v) is 5.40. The Bertz CT molecular complexity index is 378. The Morgan fingerprint density at radius 1 is 1.44 bits per heavy atom. The molecule has 1 fully saturated rings. The molecule has 0 amide bonds. The number of nitrogens with one attached hydrogen (secondary N) is 1. The van der Waals surface area contributed by atoms with Crippen molar-refractivity contribution in [2.24, 2.45) is 0 Å². The minimum atomic E-state index is -0.314. The fourth-order valence-electron chi connectivity index (χ4n) is 1.70. The maximum absolute atomic E-state index is 13.2. The summed E-state index contributed by atoms with van der Waals surface area (Å²) in [7, 11) is 1.63. The Morgan fingerprint density at radius 3 is 2.83 bits per heavy atom. The summed E-state index contributed by atoms with van der Waals surface area (Å²) in [6.45, 7) is 1.19. The molecule has 0 aromatic heterocycles. The van der Waals surface area contributed by atoms with Crippen LogP contribution in [0.3, 0.4) is 0 Å². The standard InChI is InChI=1S/C13H17BrFNO2/c1-17-8-13(7-16-11-2-3-11)18-12-5-9(14)4-10(15)6-12/h4-6,11,13,16H,2-3,7-8H2,1H3. The zero-order valence-corrected chi connectivity index (χ0v) is 11.9. The van der Waals surface area contributed by atoms with Crippen LogP contribution in [0.1, 0.15) is 12.8 Å². The normalized spacial score (nSPS) is 16.6. The molecule has 0 saturated heterocycles. The van der Waals surface area contributed by atoms with E-state index in [1.54, 1.807) is 13.2 Å². The molecular weight excluding hydrogens is 301 g/mol. The Labute approximate surface area is 115 Å². The fourth-order valence-corrected chi connectivity index (χ4v) is 2.14. The van der Waals surface area contributed by atoms with E-state index in [0.717, 1.165) is 0 Å². The molecule has 2 rings (SSSR count). The van der Waals surface area contributed by atoms with E-state index in [4.69, 9.17) is 9.47 Å². The van der Waals surface area contributed by atoms with E-state index in [-0.39, 0.29) is 11.9 Å². The first-order valence-corrected chi connectivity index (χ1v) is 6.81. The van der Waals surface area contributed by atoms with E-state index in [9.17, 15) is 4.39 Å². The quantitative estimate of drug-likeness (QED) is 0.838. The summed E-state index contributed by atoms with van der Waals surface area (Å²) in [6.07, 6.45) is 2.35. The molecule has 5 heteroatoms. The largest absolute Gasteiger partial charge is 0.487 e. The highest BCUT2D eigenvalue weighted by molar-refractivity contribution is 9.10. The lowest BCUT2D eigenvalue weighted by Crippen LogP contribution is -2.35. The van der Waals surface area contributed by atoms with Gasteiger partial charge in [-0.1, -0.05) is 15.9 Å². The van der Waals surface area contributed by atoms with Gasteiger partial charge in [-0.25, -0.2) is 4.39 Å². The number of benzene rings is 1. The van der Waals surface area contributed by atoms with Gasteiger partial charge >= 0.3 is 0 Å². The van der Waals surface area contributed by atoms with Gasteiger partial charge in [0.15, 0.2) is 0 Å². The molecule has 0 spiro atoms. The number of rotatable bonds is 7. The first-order valence-electron chi connectivity index (χ1n) is 6.02. The molecule has 1 aromatic rings. The van der Waals surface area contributed by atoms with Crippen LogP contribution in [0.2, 0.25) is 0 Å². The molecule has 18 heavy (non-hydrogen) atoms. The van der Waals surface area contributed by atoms with Gasteiger partial charge in [-0.3, -0.25) is 0 Å². The van der Waals surface area contributed by atoms with Crippen molar-refractivity contribution in [1.82, 2.24) is 5.32 Å². The molecule has 0 radical (unpaired) electrons. The second kappa shape index (κ2) is 6.50. The fraction of sp³-hybridized carbons (Fsp3) is 0.538. The summed E-state index contributed by atoms with van der Waals surface area (Å²) in [5.74, 6) is 0.201. The Balaban J connectivity index is 1.92. The maximum atomic E-state index is 13.2. The predicted molar refractivity (Wildman–Crippen MR) is 71.4 cm³/mol. The molecule has 0 aliphatic heterocycles. The van der Waals surface area contributed by atoms with Crippen LogP contribution in [0.4, 0.5) is 4.39 Å². The average molecular weight is 318 g/mol. The molecule has 0 heterocycles. The maximum Gasteiger partial charge on any atom is 0.134 e. The van der Waals surface area contributed by atoms with Crippen molar-refractivity contribution in [3.63, 3.8) is 0 Å². The Morgan fingerprint density at radius 2 is 2.22 bits per heavy atom. The van der Waals surface area contributed by atoms with Gasteiger partial charge in [-0.2, -0.15) is 0 Å². The van der Waals surface area contributed by atoms with Crippen LogP contribution in [-0.2, 0) is 4.74 Å². The highest BCUT2D eigenvalue weighted by Crippen LogP contribution is 2.22. The van der Waals surface area contributed by atoms with Gasteiger partial charge in [0.2, 0.25) is 0 Å². The first kappa shape index (κ1) is 13.8. The van der Waals surface area contributed by atoms with Crippen LogP contribution >= 0.6 is 15.9 Å². The number of ether oxygens (including phenoxy) is 2. The van der Waals surface area contributed by atoms with Gasteiger partial charge in [0, 0.05) is 30.2 Å². The molecule has 1 saturated carbocycles. The SMILES string of the molecule is COCC(CNC1CC1)Oc1cc(F)cc(Br)c1. The summed E-state index contributed by atoms with van der Waals surface area (Å²) in [6, 6.07) is 5.15. The molecular formula is C13H17BrFNO2. The Kier molecular flexibility index (Phi) is 4.97. The van der Waals surface area contributed by atoms with Crippen LogP contribution in [0.5, 0.6) is 5.75 Å². The molecule has 1 aromatic carbocycles. The summed E-state index contributed by atoms with van der Waals surface area (Å²) in [4.78, 5) is 0. The van der Waals surface area contributed by atoms with Gasteiger partial charge in [0.25, 0.3) is 0 Å². The first-order chi connectivity index (χ1) is 8.67.